The number of nitrogens with zero attached hydrogens (tertiary/aromatic N) is 2. The van der Waals surface area contributed by atoms with Gasteiger partial charge in [0.1, 0.15) is 0 Å². The van der Waals surface area contributed by atoms with Crippen molar-refractivity contribution in [3.63, 3.8) is 0 Å². The maximum atomic E-state index is 12.5. The number of piperidine rings is 2. The molecule has 2 saturated heterocycles. The molecule has 2 aromatic rings. The second-order valence-corrected chi connectivity index (χ2v) is 9.60. The fourth-order valence-corrected chi connectivity index (χ4v) is 5.03. The molecule has 0 spiro atoms. The zero-order valence-electron chi connectivity index (χ0n) is 20.0. The van der Waals surface area contributed by atoms with Gasteiger partial charge in [0.15, 0.2) is 0 Å². The molecular formula is C30H36N2O2. The second kappa shape index (κ2) is 12.4. The maximum Gasteiger partial charge on any atom is 0.246 e. The normalized spacial score (nSPS) is 18.1. The van der Waals surface area contributed by atoms with Gasteiger partial charge in [-0.15, -0.1) is 0 Å². The van der Waals surface area contributed by atoms with Gasteiger partial charge in [-0.1, -0.05) is 73.5 Å². The van der Waals surface area contributed by atoms with Gasteiger partial charge in [0.05, 0.1) is 0 Å². The SMILES string of the molecule is O=C(C=Cc1ccccc1)N1CCC(CCC2CCN(C(=O)C=Cc3ccccc3)CC2)CC1. The average molecular weight is 457 g/mol. The van der Waals surface area contributed by atoms with Crippen molar-refractivity contribution in [1.29, 1.82) is 0 Å². The van der Waals surface area contributed by atoms with Gasteiger partial charge < -0.3 is 9.80 Å². The summed E-state index contributed by atoms with van der Waals surface area (Å²) in [6, 6.07) is 20.0. The van der Waals surface area contributed by atoms with Crippen molar-refractivity contribution in [2.45, 2.75) is 38.5 Å². The molecule has 0 radical (unpaired) electrons. The van der Waals surface area contributed by atoms with Gasteiger partial charge in [0, 0.05) is 38.3 Å². The Kier molecular flexibility index (Phi) is 8.72. The molecule has 4 heteroatoms. The Balaban J connectivity index is 1.12. The number of benzene rings is 2. The van der Waals surface area contributed by atoms with Crippen molar-refractivity contribution in [2.24, 2.45) is 11.8 Å². The molecule has 0 unspecified atom stereocenters. The third kappa shape index (κ3) is 7.18. The van der Waals surface area contributed by atoms with E-state index in [1.807, 2.05) is 82.6 Å². The first kappa shape index (κ1) is 24.0. The van der Waals surface area contributed by atoms with E-state index >= 15 is 0 Å². The number of hydrogen-bond acceptors (Lipinski definition) is 2. The van der Waals surface area contributed by atoms with Crippen LogP contribution in [-0.2, 0) is 9.59 Å². The first-order chi connectivity index (χ1) is 16.7. The van der Waals surface area contributed by atoms with E-state index < -0.39 is 0 Å². The highest BCUT2D eigenvalue weighted by atomic mass is 16.2. The Morgan fingerprint density at radius 3 is 1.32 bits per heavy atom. The number of rotatable bonds is 7. The van der Waals surface area contributed by atoms with E-state index in [1.165, 1.54) is 12.8 Å². The highest BCUT2D eigenvalue weighted by Gasteiger charge is 2.25. The lowest BCUT2D eigenvalue weighted by molar-refractivity contribution is -0.128. The Morgan fingerprint density at radius 1 is 0.618 bits per heavy atom. The van der Waals surface area contributed by atoms with Gasteiger partial charge in [0.2, 0.25) is 11.8 Å². The molecule has 0 aliphatic carbocycles. The van der Waals surface area contributed by atoms with Crippen LogP contribution in [0.5, 0.6) is 0 Å². The van der Waals surface area contributed by atoms with Crippen molar-refractivity contribution in [3.8, 4) is 0 Å². The Labute approximate surface area is 204 Å². The second-order valence-electron chi connectivity index (χ2n) is 9.60. The van der Waals surface area contributed by atoms with Crippen molar-refractivity contribution in [1.82, 2.24) is 9.80 Å². The molecule has 0 bridgehead atoms. The molecule has 2 aliphatic rings. The number of likely N-dealkylation sites (tertiary alicyclic amines) is 2. The van der Waals surface area contributed by atoms with E-state index in [4.69, 9.17) is 0 Å². The van der Waals surface area contributed by atoms with Gasteiger partial charge >= 0.3 is 0 Å². The van der Waals surface area contributed by atoms with Crippen LogP contribution in [0.15, 0.2) is 72.8 Å². The van der Waals surface area contributed by atoms with Crippen LogP contribution >= 0.6 is 0 Å². The summed E-state index contributed by atoms with van der Waals surface area (Å²) in [5.74, 6) is 1.69. The van der Waals surface area contributed by atoms with Gasteiger partial charge in [-0.25, -0.2) is 0 Å². The molecule has 2 aromatic carbocycles. The zero-order valence-corrected chi connectivity index (χ0v) is 20.0. The summed E-state index contributed by atoms with van der Waals surface area (Å²) in [4.78, 5) is 29.0. The van der Waals surface area contributed by atoms with Gasteiger partial charge in [-0.05, 0) is 60.8 Å². The van der Waals surface area contributed by atoms with Gasteiger partial charge in [-0.3, -0.25) is 9.59 Å². The van der Waals surface area contributed by atoms with Crippen LogP contribution < -0.4 is 0 Å². The largest absolute Gasteiger partial charge is 0.339 e. The molecule has 4 rings (SSSR count). The summed E-state index contributed by atoms with van der Waals surface area (Å²) in [6.07, 6.45) is 14.1. The topological polar surface area (TPSA) is 40.6 Å². The fourth-order valence-electron chi connectivity index (χ4n) is 5.03. The minimum absolute atomic E-state index is 0.126. The predicted octanol–water partition coefficient (Wildman–Crippen LogP) is 5.67. The minimum atomic E-state index is 0.126. The lowest BCUT2D eigenvalue weighted by Crippen LogP contribution is -2.38. The number of carbonyl (C=O) groups excluding carboxylic acids is 2. The van der Waals surface area contributed by atoms with Crippen molar-refractivity contribution in [2.75, 3.05) is 26.2 Å². The highest BCUT2D eigenvalue weighted by Crippen LogP contribution is 2.28. The molecule has 178 valence electrons. The van der Waals surface area contributed by atoms with Crippen molar-refractivity contribution in [3.05, 3.63) is 83.9 Å². The standard InChI is InChI=1S/C30H36N2O2/c33-29(15-13-25-7-3-1-4-8-25)31-21-17-27(18-22-31)11-12-28-19-23-32(24-20-28)30(34)16-14-26-9-5-2-6-10-26/h1-10,13-16,27-28H,11-12,17-24H2. The van der Waals surface area contributed by atoms with Crippen molar-refractivity contribution >= 4 is 24.0 Å². The Bertz CT molecular complexity index is 886. The maximum absolute atomic E-state index is 12.5. The monoisotopic (exact) mass is 456 g/mol. The molecule has 0 aromatic heterocycles. The third-order valence-electron chi connectivity index (χ3n) is 7.27. The predicted molar refractivity (Wildman–Crippen MR) is 139 cm³/mol. The van der Waals surface area contributed by atoms with Crippen LogP contribution in [0.4, 0.5) is 0 Å². The van der Waals surface area contributed by atoms with Gasteiger partial charge in [0.25, 0.3) is 0 Å². The van der Waals surface area contributed by atoms with Crippen LogP contribution in [0.2, 0.25) is 0 Å². The quantitative estimate of drug-likeness (QED) is 0.504. The molecule has 2 fully saturated rings. The van der Waals surface area contributed by atoms with Crippen LogP contribution in [0.3, 0.4) is 0 Å². The molecule has 0 N–H and O–H groups in total. The Morgan fingerprint density at radius 2 is 0.971 bits per heavy atom. The third-order valence-corrected chi connectivity index (χ3v) is 7.27. The number of amides is 2. The van der Waals surface area contributed by atoms with Crippen LogP contribution in [0.25, 0.3) is 12.2 Å². The summed E-state index contributed by atoms with van der Waals surface area (Å²) in [7, 11) is 0. The van der Waals surface area contributed by atoms with E-state index in [0.29, 0.717) is 0 Å². The van der Waals surface area contributed by atoms with E-state index in [9.17, 15) is 9.59 Å². The lowest BCUT2D eigenvalue weighted by atomic mass is 9.85. The summed E-state index contributed by atoms with van der Waals surface area (Å²) in [5.41, 5.74) is 2.12. The molecule has 34 heavy (non-hydrogen) atoms. The average Bonchev–Trinajstić information content (AvgIpc) is 2.91. The fraction of sp³-hybridized carbons (Fsp3) is 0.400. The molecule has 0 atom stereocenters. The van der Waals surface area contributed by atoms with Crippen LogP contribution in [-0.4, -0.2) is 47.8 Å². The Hall–Kier alpha value is -3.14. The van der Waals surface area contributed by atoms with Gasteiger partial charge in [-0.2, -0.15) is 0 Å². The summed E-state index contributed by atoms with van der Waals surface area (Å²) < 4.78 is 0. The molecular weight excluding hydrogens is 420 g/mol. The first-order valence-electron chi connectivity index (χ1n) is 12.7. The minimum Gasteiger partial charge on any atom is -0.339 e. The molecule has 2 amide bonds. The summed E-state index contributed by atoms with van der Waals surface area (Å²) in [6.45, 7) is 3.46. The molecule has 4 nitrogen and oxygen atoms in total. The van der Waals surface area contributed by atoms with E-state index in [0.717, 1.165) is 74.8 Å². The zero-order chi connectivity index (χ0) is 23.6. The molecule has 2 aliphatic heterocycles. The van der Waals surface area contributed by atoms with Crippen LogP contribution in [0, 0.1) is 11.8 Å². The number of hydrogen-bond donors (Lipinski definition) is 0. The summed E-state index contributed by atoms with van der Waals surface area (Å²) in [5, 5.41) is 0. The van der Waals surface area contributed by atoms with Crippen LogP contribution in [0.1, 0.15) is 49.7 Å². The molecule has 0 saturated carbocycles. The molecule has 2 heterocycles. The number of carbonyl (C=O) groups is 2. The highest BCUT2D eigenvalue weighted by molar-refractivity contribution is 5.92. The lowest BCUT2D eigenvalue weighted by Gasteiger charge is -2.34. The van der Waals surface area contributed by atoms with E-state index in [2.05, 4.69) is 0 Å². The summed E-state index contributed by atoms with van der Waals surface area (Å²) >= 11 is 0. The van der Waals surface area contributed by atoms with E-state index in [1.54, 1.807) is 12.2 Å². The van der Waals surface area contributed by atoms with E-state index in [-0.39, 0.29) is 11.8 Å². The first-order valence-corrected chi connectivity index (χ1v) is 12.7. The van der Waals surface area contributed by atoms with Crippen molar-refractivity contribution < 1.29 is 9.59 Å². The smallest absolute Gasteiger partial charge is 0.246 e.